The van der Waals surface area contributed by atoms with Gasteiger partial charge in [-0.15, -0.1) is 0 Å². The van der Waals surface area contributed by atoms with Crippen LogP contribution in [-0.4, -0.2) is 23.3 Å². The molecule has 0 saturated heterocycles. The number of ether oxygens (including phenoxy) is 1. The zero-order valence-corrected chi connectivity index (χ0v) is 14.7. The summed E-state index contributed by atoms with van der Waals surface area (Å²) < 4.78 is 5.18. The average Bonchev–Trinajstić information content (AvgIpc) is 3.07. The summed E-state index contributed by atoms with van der Waals surface area (Å²) in [4.78, 5) is 20.3. The van der Waals surface area contributed by atoms with E-state index in [1.807, 2.05) is 20.8 Å². The molecule has 0 radical (unpaired) electrons. The molecule has 0 spiro atoms. The Balaban J connectivity index is 2.47. The standard InChI is InChI=1S/C19H26N2O2/c1-6-13-10-14(7-2)21-16(13)11-17-15(8-3)18(12(5)20-17)19(22)23-9-4/h10-11,21H,6-9H2,1-5H3/b17-11-. The Morgan fingerprint density at radius 1 is 1.22 bits per heavy atom. The molecule has 0 atom stereocenters. The third kappa shape index (κ3) is 3.46. The highest BCUT2D eigenvalue weighted by Crippen LogP contribution is 2.31. The summed E-state index contributed by atoms with van der Waals surface area (Å²) in [6.45, 7) is 10.4. The number of H-pyrrole nitrogens is 1. The molecular formula is C19H26N2O2. The van der Waals surface area contributed by atoms with Gasteiger partial charge in [-0.3, -0.25) is 4.99 Å². The van der Waals surface area contributed by atoms with Crippen molar-refractivity contribution in [3.05, 3.63) is 39.9 Å². The number of rotatable bonds is 6. The first-order valence-electron chi connectivity index (χ1n) is 8.44. The van der Waals surface area contributed by atoms with Gasteiger partial charge in [0.15, 0.2) is 0 Å². The summed E-state index contributed by atoms with van der Waals surface area (Å²) in [5.41, 5.74) is 6.80. The van der Waals surface area contributed by atoms with Crippen LogP contribution < -0.4 is 0 Å². The molecule has 1 aromatic heterocycles. The van der Waals surface area contributed by atoms with Crippen LogP contribution in [0.4, 0.5) is 0 Å². The molecule has 0 saturated carbocycles. The van der Waals surface area contributed by atoms with Crippen LogP contribution in [0, 0.1) is 0 Å². The Morgan fingerprint density at radius 3 is 2.52 bits per heavy atom. The van der Waals surface area contributed by atoms with Gasteiger partial charge in [0, 0.05) is 11.4 Å². The van der Waals surface area contributed by atoms with Crippen molar-refractivity contribution in [2.45, 2.75) is 53.9 Å². The van der Waals surface area contributed by atoms with Gasteiger partial charge in [-0.1, -0.05) is 20.8 Å². The van der Waals surface area contributed by atoms with Gasteiger partial charge in [0.05, 0.1) is 23.6 Å². The van der Waals surface area contributed by atoms with Crippen LogP contribution in [0.1, 0.15) is 58.0 Å². The highest BCUT2D eigenvalue weighted by Gasteiger charge is 2.26. The van der Waals surface area contributed by atoms with Gasteiger partial charge < -0.3 is 9.72 Å². The lowest BCUT2D eigenvalue weighted by Crippen LogP contribution is -2.13. The van der Waals surface area contributed by atoms with Crippen molar-refractivity contribution in [3.63, 3.8) is 0 Å². The number of carbonyl (C=O) groups is 1. The van der Waals surface area contributed by atoms with E-state index < -0.39 is 0 Å². The summed E-state index contributed by atoms with van der Waals surface area (Å²) in [5.74, 6) is -0.273. The molecule has 2 heterocycles. The van der Waals surface area contributed by atoms with E-state index in [9.17, 15) is 4.79 Å². The van der Waals surface area contributed by atoms with Crippen molar-refractivity contribution >= 4 is 17.8 Å². The van der Waals surface area contributed by atoms with Crippen LogP contribution in [-0.2, 0) is 22.4 Å². The molecule has 0 bridgehead atoms. The van der Waals surface area contributed by atoms with E-state index >= 15 is 0 Å². The summed E-state index contributed by atoms with van der Waals surface area (Å²) in [7, 11) is 0. The molecule has 1 N–H and O–H groups in total. The predicted molar refractivity (Wildman–Crippen MR) is 94.6 cm³/mol. The molecule has 0 aromatic carbocycles. The van der Waals surface area contributed by atoms with Crippen LogP contribution in [0.25, 0.3) is 6.08 Å². The van der Waals surface area contributed by atoms with E-state index in [0.717, 1.165) is 41.9 Å². The first kappa shape index (κ1) is 17.3. The van der Waals surface area contributed by atoms with Gasteiger partial charge in [-0.25, -0.2) is 4.79 Å². The average molecular weight is 314 g/mol. The molecular weight excluding hydrogens is 288 g/mol. The van der Waals surface area contributed by atoms with Gasteiger partial charge >= 0.3 is 5.97 Å². The Kier molecular flexibility index (Phi) is 5.59. The third-order valence-corrected chi connectivity index (χ3v) is 4.13. The Morgan fingerprint density at radius 2 is 1.96 bits per heavy atom. The highest BCUT2D eigenvalue weighted by molar-refractivity contribution is 6.22. The summed E-state index contributed by atoms with van der Waals surface area (Å²) in [6, 6.07) is 2.21. The molecule has 1 aromatic rings. The van der Waals surface area contributed by atoms with Crippen molar-refractivity contribution in [1.82, 2.24) is 4.98 Å². The van der Waals surface area contributed by atoms with Crippen LogP contribution in [0.15, 0.2) is 27.9 Å². The second-order valence-corrected chi connectivity index (χ2v) is 5.59. The van der Waals surface area contributed by atoms with Crippen molar-refractivity contribution in [1.29, 1.82) is 0 Å². The number of nitrogens with one attached hydrogen (secondary N) is 1. The first-order valence-corrected chi connectivity index (χ1v) is 8.44. The predicted octanol–water partition coefficient (Wildman–Crippen LogP) is 4.22. The maximum Gasteiger partial charge on any atom is 0.340 e. The fourth-order valence-electron chi connectivity index (χ4n) is 2.93. The second kappa shape index (κ2) is 7.44. The molecule has 1 aliphatic rings. The summed E-state index contributed by atoms with van der Waals surface area (Å²) in [5, 5.41) is 0. The van der Waals surface area contributed by atoms with Crippen LogP contribution in [0.5, 0.6) is 0 Å². The largest absolute Gasteiger partial charge is 0.462 e. The van der Waals surface area contributed by atoms with Gasteiger partial charge in [-0.2, -0.15) is 0 Å². The van der Waals surface area contributed by atoms with Crippen molar-refractivity contribution in [3.8, 4) is 0 Å². The van der Waals surface area contributed by atoms with Crippen LogP contribution in [0.2, 0.25) is 0 Å². The molecule has 4 nitrogen and oxygen atoms in total. The topological polar surface area (TPSA) is 54.5 Å². The Hall–Kier alpha value is -2.10. The molecule has 4 heteroatoms. The van der Waals surface area contributed by atoms with E-state index in [0.29, 0.717) is 12.2 Å². The molecule has 1 aliphatic heterocycles. The number of hydrogen-bond acceptors (Lipinski definition) is 3. The zero-order valence-electron chi connectivity index (χ0n) is 14.7. The number of aromatic nitrogens is 1. The highest BCUT2D eigenvalue weighted by atomic mass is 16.5. The lowest BCUT2D eigenvalue weighted by atomic mass is 10.0. The van der Waals surface area contributed by atoms with Crippen molar-refractivity contribution in [2.24, 2.45) is 4.99 Å². The molecule has 124 valence electrons. The molecule has 0 unspecified atom stereocenters. The smallest absolute Gasteiger partial charge is 0.340 e. The maximum absolute atomic E-state index is 12.2. The van der Waals surface area contributed by atoms with Gasteiger partial charge in [0.2, 0.25) is 0 Å². The van der Waals surface area contributed by atoms with E-state index in [2.05, 4.69) is 36.0 Å². The Bertz CT molecular complexity index is 690. The van der Waals surface area contributed by atoms with Gasteiger partial charge in [0.25, 0.3) is 0 Å². The number of hydrogen-bond donors (Lipinski definition) is 1. The number of allylic oxidation sites excluding steroid dienone is 1. The number of carbonyl (C=O) groups excluding carboxylic acids is 1. The second-order valence-electron chi connectivity index (χ2n) is 5.59. The minimum atomic E-state index is -0.273. The molecule has 0 aliphatic carbocycles. The fraction of sp³-hybridized carbons (Fsp3) is 0.474. The van der Waals surface area contributed by atoms with E-state index in [-0.39, 0.29) is 5.97 Å². The van der Waals surface area contributed by atoms with Crippen LogP contribution in [0.3, 0.4) is 0 Å². The van der Waals surface area contributed by atoms with Crippen LogP contribution >= 0.6 is 0 Å². The minimum Gasteiger partial charge on any atom is -0.462 e. The minimum absolute atomic E-state index is 0.273. The molecule has 2 rings (SSSR count). The summed E-state index contributed by atoms with van der Waals surface area (Å²) >= 11 is 0. The molecule has 0 fully saturated rings. The monoisotopic (exact) mass is 314 g/mol. The van der Waals surface area contributed by atoms with Crippen molar-refractivity contribution < 1.29 is 9.53 Å². The fourth-order valence-corrected chi connectivity index (χ4v) is 2.93. The zero-order chi connectivity index (χ0) is 17.0. The van der Waals surface area contributed by atoms with Gasteiger partial charge in [0.1, 0.15) is 0 Å². The maximum atomic E-state index is 12.2. The lowest BCUT2D eigenvalue weighted by molar-refractivity contribution is -0.137. The quantitative estimate of drug-likeness (QED) is 0.799. The van der Waals surface area contributed by atoms with Crippen molar-refractivity contribution in [2.75, 3.05) is 6.61 Å². The van der Waals surface area contributed by atoms with E-state index in [1.54, 1.807) is 0 Å². The number of esters is 1. The van der Waals surface area contributed by atoms with Gasteiger partial charge in [-0.05, 0) is 56.4 Å². The number of aryl methyl sites for hydroxylation is 2. The number of aliphatic imine (C=N–C) groups is 1. The lowest BCUT2D eigenvalue weighted by Gasteiger charge is -2.06. The number of aromatic amines is 1. The summed E-state index contributed by atoms with van der Waals surface area (Å²) in [6.07, 6.45) is 4.76. The molecule has 23 heavy (non-hydrogen) atoms. The Labute approximate surface area is 138 Å². The normalized spacial score (nSPS) is 16.2. The first-order chi connectivity index (χ1) is 11.0. The van der Waals surface area contributed by atoms with E-state index in [4.69, 9.17) is 4.74 Å². The van der Waals surface area contributed by atoms with E-state index in [1.165, 1.54) is 11.3 Å². The SMILES string of the molecule is CCOC(=O)C1=C(CC)/C(=C/c2[nH]c(CC)cc2CC)N=C1C. The molecule has 0 amide bonds. The third-order valence-electron chi connectivity index (χ3n) is 4.13. The number of nitrogens with zero attached hydrogens (tertiary/aromatic N) is 1.